The molecule has 0 bridgehead atoms. The number of aromatic amines is 1. The Bertz CT molecular complexity index is 1220. The Labute approximate surface area is 180 Å². The minimum Gasteiger partial charge on any atom is -0.357 e. The van der Waals surface area contributed by atoms with Crippen molar-refractivity contribution in [2.75, 3.05) is 23.3 Å². The van der Waals surface area contributed by atoms with Crippen molar-refractivity contribution >= 4 is 22.8 Å². The van der Waals surface area contributed by atoms with Crippen LogP contribution in [0.2, 0.25) is 0 Å². The van der Waals surface area contributed by atoms with Crippen LogP contribution < -0.4 is 15.8 Å². The van der Waals surface area contributed by atoms with E-state index in [1.54, 1.807) is 10.9 Å². The number of rotatable bonds is 5. The maximum atomic E-state index is 12.5. The number of H-pyrrole nitrogens is 1. The summed E-state index contributed by atoms with van der Waals surface area (Å²) in [5.74, 6) is 2.23. The molecule has 2 N–H and O–H groups in total. The summed E-state index contributed by atoms with van der Waals surface area (Å²) in [6.07, 6.45) is 5.85. The van der Waals surface area contributed by atoms with Gasteiger partial charge in [-0.1, -0.05) is 31.2 Å². The fourth-order valence-corrected chi connectivity index (χ4v) is 3.89. The summed E-state index contributed by atoms with van der Waals surface area (Å²) in [5, 5.41) is 8.00. The first-order chi connectivity index (χ1) is 15.2. The van der Waals surface area contributed by atoms with Crippen LogP contribution in [0, 0.1) is 5.92 Å². The second kappa shape index (κ2) is 8.22. The molecular formula is C23H25N7O. The molecule has 158 valence electrons. The number of hydrogen-bond acceptors (Lipinski definition) is 6. The summed E-state index contributed by atoms with van der Waals surface area (Å²) < 4.78 is 1.67. The Hall–Kier alpha value is -3.68. The highest BCUT2D eigenvalue weighted by Crippen LogP contribution is 2.21. The molecule has 8 heteroatoms. The summed E-state index contributed by atoms with van der Waals surface area (Å²) in [5.41, 5.74) is 2.18. The van der Waals surface area contributed by atoms with Crippen LogP contribution in [0.3, 0.4) is 0 Å². The SMILES string of the molecule is CC1CCN(c2ccc(CNc3nc4c(cnn4-c4ccccc4)c(=O)[nH]3)cn2)CC1. The highest BCUT2D eigenvalue weighted by Gasteiger charge is 2.17. The van der Waals surface area contributed by atoms with Crippen LogP contribution in [0.15, 0.2) is 59.7 Å². The monoisotopic (exact) mass is 415 g/mol. The predicted octanol–water partition coefficient (Wildman–Crippen LogP) is 3.35. The van der Waals surface area contributed by atoms with Crippen molar-refractivity contribution in [1.29, 1.82) is 0 Å². The zero-order valence-electron chi connectivity index (χ0n) is 17.5. The van der Waals surface area contributed by atoms with Gasteiger partial charge < -0.3 is 10.2 Å². The van der Waals surface area contributed by atoms with Crippen molar-refractivity contribution in [3.8, 4) is 5.69 Å². The molecule has 8 nitrogen and oxygen atoms in total. The van der Waals surface area contributed by atoms with Crippen molar-refractivity contribution < 1.29 is 0 Å². The minimum absolute atomic E-state index is 0.220. The molecule has 0 saturated carbocycles. The Morgan fingerprint density at radius 1 is 1.10 bits per heavy atom. The summed E-state index contributed by atoms with van der Waals surface area (Å²) in [6.45, 7) is 4.94. The Morgan fingerprint density at radius 2 is 1.90 bits per heavy atom. The molecule has 0 radical (unpaired) electrons. The molecular weight excluding hydrogens is 390 g/mol. The molecule has 31 heavy (non-hydrogen) atoms. The number of para-hydroxylation sites is 1. The second-order valence-corrected chi connectivity index (χ2v) is 8.09. The number of fused-ring (bicyclic) bond motifs is 1. The number of aromatic nitrogens is 5. The van der Waals surface area contributed by atoms with E-state index in [2.05, 4.69) is 49.3 Å². The van der Waals surface area contributed by atoms with Crippen LogP contribution in [0.25, 0.3) is 16.7 Å². The topological polar surface area (TPSA) is 91.7 Å². The van der Waals surface area contributed by atoms with Gasteiger partial charge >= 0.3 is 0 Å². The lowest BCUT2D eigenvalue weighted by Gasteiger charge is -2.31. The van der Waals surface area contributed by atoms with Gasteiger partial charge in [0, 0.05) is 25.8 Å². The van der Waals surface area contributed by atoms with Crippen molar-refractivity contribution in [1.82, 2.24) is 24.7 Å². The minimum atomic E-state index is -0.220. The van der Waals surface area contributed by atoms with Gasteiger partial charge in [0.2, 0.25) is 5.95 Å². The zero-order valence-corrected chi connectivity index (χ0v) is 17.5. The van der Waals surface area contributed by atoms with E-state index in [-0.39, 0.29) is 5.56 Å². The van der Waals surface area contributed by atoms with Gasteiger partial charge in [-0.25, -0.2) is 9.67 Å². The first kappa shape index (κ1) is 19.3. The number of benzene rings is 1. The molecule has 1 saturated heterocycles. The van der Waals surface area contributed by atoms with Gasteiger partial charge in [-0.3, -0.25) is 9.78 Å². The van der Waals surface area contributed by atoms with Gasteiger partial charge in [0.05, 0.1) is 11.9 Å². The third-order valence-corrected chi connectivity index (χ3v) is 5.82. The van der Waals surface area contributed by atoms with Gasteiger partial charge in [-0.15, -0.1) is 0 Å². The van der Waals surface area contributed by atoms with E-state index in [4.69, 9.17) is 0 Å². The normalized spacial score (nSPS) is 14.8. The summed E-state index contributed by atoms with van der Waals surface area (Å²) in [7, 11) is 0. The molecule has 0 aliphatic carbocycles. The Kier molecular flexibility index (Phi) is 5.11. The highest BCUT2D eigenvalue weighted by molar-refractivity contribution is 5.76. The van der Waals surface area contributed by atoms with Crippen LogP contribution >= 0.6 is 0 Å². The lowest BCUT2D eigenvalue weighted by Crippen LogP contribution is -2.33. The summed E-state index contributed by atoms with van der Waals surface area (Å²) in [6, 6.07) is 13.8. The molecule has 4 heterocycles. The van der Waals surface area contributed by atoms with Crippen LogP contribution in [-0.2, 0) is 6.54 Å². The molecule has 0 atom stereocenters. The maximum Gasteiger partial charge on any atom is 0.263 e. The molecule has 0 spiro atoms. The number of pyridine rings is 1. The summed E-state index contributed by atoms with van der Waals surface area (Å²) in [4.78, 5) is 26.8. The van der Waals surface area contributed by atoms with E-state index in [1.807, 2.05) is 36.5 Å². The van der Waals surface area contributed by atoms with E-state index in [0.29, 0.717) is 23.5 Å². The van der Waals surface area contributed by atoms with Gasteiger partial charge in [-0.05, 0) is 42.5 Å². The van der Waals surface area contributed by atoms with E-state index in [9.17, 15) is 4.79 Å². The Morgan fingerprint density at radius 3 is 2.65 bits per heavy atom. The maximum absolute atomic E-state index is 12.5. The number of nitrogens with one attached hydrogen (secondary N) is 2. The third kappa shape index (κ3) is 4.01. The quantitative estimate of drug-likeness (QED) is 0.519. The average molecular weight is 416 g/mol. The number of anilines is 2. The fraction of sp³-hybridized carbons (Fsp3) is 0.304. The zero-order chi connectivity index (χ0) is 21.2. The highest BCUT2D eigenvalue weighted by atomic mass is 16.1. The van der Waals surface area contributed by atoms with E-state index < -0.39 is 0 Å². The van der Waals surface area contributed by atoms with Gasteiger partial charge in [0.25, 0.3) is 5.56 Å². The lowest BCUT2D eigenvalue weighted by molar-refractivity contribution is 0.436. The molecule has 1 aromatic carbocycles. The Balaban J connectivity index is 1.32. The van der Waals surface area contributed by atoms with Crippen molar-refractivity contribution in [2.24, 2.45) is 5.92 Å². The molecule has 5 rings (SSSR count). The van der Waals surface area contributed by atoms with Gasteiger partial charge in [0.1, 0.15) is 11.2 Å². The van der Waals surface area contributed by atoms with E-state index in [1.165, 1.54) is 12.8 Å². The van der Waals surface area contributed by atoms with Crippen LogP contribution in [0.4, 0.5) is 11.8 Å². The molecule has 1 aliphatic heterocycles. The van der Waals surface area contributed by atoms with Gasteiger partial charge in [0.15, 0.2) is 5.65 Å². The third-order valence-electron chi connectivity index (χ3n) is 5.82. The van der Waals surface area contributed by atoms with Crippen molar-refractivity contribution in [3.05, 3.63) is 70.8 Å². The van der Waals surface area contributed by atoms with E-state index >= 15 is 0 Å². The molecule has 4 aromatic rings. The largest absolute Gasteiger partial charge is 0.357 e. The van der Waals surface area contributed by atoms with Crippen LogP contribution in [0.1, 0.15) is 25.3 Å². The second-order valence-electron chi connectivity index (χ2n) is 8.09. The van der Waals surface area contributed by atoms with Crippen molar-refractivity contribution in [2.45, 2.75) is 26.3 Å². The average Bonchev–Trinajstić information content (AvgIpc) is 3.24. The fourth-order valence-electron chi connectivity index (χ4n) is 3.89. The first-order valence-electron chi connectivity index (χ1n) is 10.6. The number of nitrogens with zero attached hydrogens (tertiary/aromatic N) is 5. The molecule has 0 unspecified atom stereocenters. The van der Waals surface area contributed by atoms with Crippen LogP contribution in [0.5, 0.6) is 0 Å². The van der Waals surface area contributed by atoms with E-state index in [0.717, 1.165) is 36.1 Å². The molecule has 3 aromatic heterocycles. The van der Waals surface area contributed by atoms with Gasteiger partial charge in [-0.2, -0.15) is 10.1 Å². The first-order valence-corrected chi connectivity index (χ1v) is 10.6. The van der Waals surface area contributed by atoms with Crippen molar-refractivity contribution in [3.63, 3.8) is 0 Å². The lowest BCUT2D eigenvalue weighted by atomic mass is 9.99. The molecule has 0 amide bonds. The molecule has 1 aliphatic rings. The summed E-state index contributed by atoms with van der Waals surface area (Å²) >= 11 is 0. The molecule has 1 fully saturated rings. The standard InChI is InChI=1S/C23H25N7O/c1-16-9-11-29(12-10-16)20-8-7-17(13-24-20)14-25-23-27-21-19(22(31)28-23)15-26-30(21)18-5-3-2-4-6-18/h2-8,13,15-16H,9-12,14H2,1H3,(H2,25,27,28,31). The number of piperidine rings is 1. The number of hydrogen-bond donors (Lipinski definition) is 2. The smallest absolute Gasteiger partial charge is 0.263 e. The predicted molar refractivity (Wildman–Crippen MR) is 122 cm³/mol. The van der Waals surface area contributed by atoms with Crippen LogP contribution in [-0.4, -0.2) is 37.8 Å².